The zero-order chi connectivity index (χ0) is 22.5. The van der Waals surface area contributed by atoms with Gasteiger partial charge in [0.25, 0.3) is 0 Å². The van der Waals surface area contributed by atoms with E-state index in [1.54, 1.807) is 14.2 Å². The first-order valence-corrected chi connectivity index (χ1v) is 10.9. The second kappa shape index (κ2) is 10.2. The number of aliphatic carboxylic acids is 1. The predicted molar refractivity (Wildman–Crippen MR) is 116 cm³/mol. The Labute approximate surface area is 183 Å². The minimum Gasteiger partial charge on any atom is -0.493 e. The maximum atomic E-state index is 11.9. The molecule has 2 aliphatic heterocycles. The first-order chi connectivity index (χ1) is 14.8. The van der Waals surface area contributed by atoms with E-state index in [0.717, 1.165) is 43.9 Å². The number of fused-ring (bicyclic) bond motifs is 3. The highest BCUT2D eigenvalue weighted by atomic mass is 16.5. The van der Waals surface area contributed by atoms with Crippen LogP contribution < -0.4 is 14.8 Å². The number of carboxylic acids is 1. The molecule has 8 nitrogen and oxygen atoms in total. The van der Waals surface area contributed by atoms with Gasteiger partial charge >= 0.3 is 12.1 Å². The molecule has 3 rings (SSSR count). The number of carbonyl (C=O) groups excluding carboxylic acids is 1. The van der Waals surface area contributed by atoms with E-state index in [0.29, 0.717) is 11.8 Å². The third-order valence-corrected chi connectivity index (χ3v) is 6.36. The Bertz CT molecular complexity index is 797. The number of methoxy groups -OCH3 is 2. The lowest BCUT2D eigenvalue weighted by Crippen LogP contribution is -2.47. The molecule has 1 amide bonds. The van der Waals surface area contributed by atoms with Gasteiger partial charge in [-0.05, 0) is 60.3 Å². The summed E-state index contributed by atoms with van der Waals surface area (Å²) in [4.78, 5) is 25.1. The predicted octanol–water partition coefficient (Wildman–Crippen LogP) is 3.10. The van der Waals surface area contributed by atoms with Gasteiger partial charge in [0.15, 0.2) is 11.5 Å². The molecule has 1 fully saturated rings. The molecule has 0 aromatic heterocycles. The van der Waals surface area contributed by atoms with Crippen LogP contribution in [0.5, 0.6) is 11.5 Å². The number of carbonyl (C=O) groups is 2. The van der Waals surface area contributed by atoms with Crippen LogP contribution in [-0.4, -0.2) is 62.5 Å². The molecular weight excluding hydrogens is 400 g/mol. The summed E-state index contributed by atoms with van der Waals surface area (Å²) < 4.78 is 16.4. The highest BCUT2D eigenvalue weighted by molar-refractivity contribution is 5.76. The highest BCUT2D eigenvalue weighted by Gasteiger charge is 2.40. The molecule has 2 N–H and O–H groups in total. The van der Waals surface area contributed by atoms with Gasteiger partial charge in [0.05, 0.1) is 20.8 Å². The van der Waals surface area contributed by atoms with Crippen LogP contribution in [0.25, 0.3) is 0 Å². The molecule has 0 aliphatic carbocycles. The van der Waals surface area contributed by atoms with E-state index in [-0.39, 0.29) is 18.6 Å². The number of benzene rings is 1. The smallest absolute Gasteiger partial charge is 0.407 e. The fraction of sp³-hybridized carbons (Fsp3) is 0.652. The molecule has 1 aromatic rings. The van der Waals surface area contributed by atoms with Gasteiger partial charge < -0.3 is 24.6 Å². The molecule has 0 radical (unpaired) electrons. The van der Waals surface area contributed by atoms with Crippen LogP contribution in [-0.2, 0) is 16.0 Å². The molecule has 3 unspecified atom stereocenters. The first-order valence-electron chi connectivity index (χ1n) is 10.9. The van der Waals surface area contributed by atoms with Gasteiger partial charge in [0.2, 0.25) is 0 Å². The molecular formula is C23H34N2O6. The van der Waals surface area contributed by atoms with Crippen molar-refractivity contribution < 1.29 is 28.9 Å². The fourth-order valence-corrected chi connectivity index (χ4v) is 4.96. The van der Waals surface area contributed by atoms with Crippen LogP contribution >= 0.6 is 0 Å². The largest absolute Gasteiger partial charge is 0.493 e. The summed E-state index contributed by atoms with van der Waals surface area (Å²) in [5.41, 5.74) is 2.53. The van der Waals surface area contributed by atoms with Crippen molar-refractivity contribution in [3.05, 3.63) is 23.3 Å². The van der Waals surface area contributed by atoms with Crippen LogP contribution in [0.3, 0.4) is 0 Å². The maximum absolute atomic E-state index is 11.9. The average Bonchev–Trinajstić information content (AvgIpc) is 2.74. The number of alkyl carbamates (subject to hydrolysis) is 1. The standard InChI is InChI=1S/C23H34N2O6/c1-14(2)7-16-12-25-6-5-15-9-20(29-3)21(30-4)10-18(15)19(25)8-17(16)13-31-23(28)24-11-22(26)27/h9-10,14,16-17,19H,5-8,11-13H2,1-4H3,(H,24,28)(H,26,27). The molecule has 0 spiro atoms. The van der Waals surface area contributed by atoms with Crippen LogP contribution in [0.4, 0.5) is 4.79 Å². The summed E-state index contributed by atoms with van der Waals surface area (Å²) in [6, 6.07) is 4.41. The van der Waals surface area contributed by atoms with Gasteiger partial charge in [-0.25, -0.2) is 4.79 Å². The Hall–Kier alpha value is -2.48. The van der Waals surface area contributed by atoms with E-state index in [9.17, 15) is 9.59 Å². The van der Waals surface area contributed by atoms with Gasteiger partial charge in [-0.15, -0.1) is 0 Å². The summed E-state index contributed by atoms with van der Waals surface area (Å²) in [7, 11) is 3.30. The Morgan fingerprint density at radius 1 is 1.19 bits per heavy atom. The Kier molecular flexibility index (Phi) is 7.64. The van der Waals surface area contributed by atoms with Gasteiger partial charge in [-0.2, -0.15) is 0 Å². The fourth-order valence-electron chi connectivity index (χ4n) is 4.96. The number of amides is 1. The molecule has 172 valence electrons. The van der Waals surface area contributed by atoms with Crippen molar-refractivity contribution >= 4 is 12.1 Å². The number of ether oxygens (including phenoxy) is 3. The third kappa shape index (κ3) is 5.61. The molecule has 0 bridgehead atoms. The number of nitrogens with zero attached hydrogens (tertiary/aromatic N) is 1. The van der Waals surface area contributed by atoms with Crippen molar-refractivity contribution in [3.63, 3.8) is 0 Å². The second-order valence-electron chi connectivity index (χ2n) is 8.90. The van der Waals surface area contributed by atoms with E-state index in [1.807, 2.05) is 0 Å². The molecule has 8 heteroatoms. The number of carboxylic acid groups (broad SMARTS) is 1. The van der Waals surface area contributed by atoms with E-state index in [4.69, 9.17) is 19.3 Å². The Morgan fingerprint density at radius 2 is 1.90 bits per heavy atom. The van der Waals surface area contributed by atoms with E-state index in [1.165, 1.54) is 11.1 Å². The number of nitrogens with one attached hydrogen (secondary N) is 1. The van der Waals surface area contributed by atoms with Crippen molar-refractivity contribution in [1.82, 2.24) is 10.2 Å². The van der Waals surface area contributed by atoms with Crippen molar-refractivity contribution in [1.29, 1.82) is 0 Å². The van der Waals surface area contributed by atoms with E-state index < -0.39 is 18.6 Å². The molecule has 0 saturated carbocycles. The van der Waals surface area contributed by atoms with Crippen molar-refractivity contribution in [2.45, 2.75) is 39.2 Å². The number of hydrogen-bond donors (Lipinski definition) is 2. The maximum Gasteiger partial charge on any atom is 0.407 e. The zero-order valence-electron chi connectivity index (χ0n) is 18.8. The Balaban J connectivity index is 1.78. The summed E-state index contributed by atoms with van der Waals surface area (Å²) in [5, 5.41) is 11.0. The lowest BCUT2D eigenvalue weighted by Gasteiger charge is -2.47. The van der Waals surface area contributed by atoms with Crippen molar-refractivity contribution in [2.24, 2.45) is 17.8 Å². The van der Waals surface area contributed by atoms with E-state index >= 15 is 0 Å². The van der Waals surface area contributed by atoms with Gasteiger partial charge in [0, 0.05) is 19.1 Å². The lowest BCUT2D eigenvalue weighted by atomic mass is 9.74. The van der Waals surface area contributed by atoms with Gasteiger partial charge in [0.1, 0.15) is 6.54 Å². The summed E-state index contributed by atoms with van der Waals surface area (Å²) >= 11 is 0. The monoisotopic (exact) mass is 434 g/mol. The topological polar surface area (TPSA) is 97.3 Å². The van der Waals surface area contributed by atoms with Gasteiger partial charge in [-0.1, -0.05) is 13.8 Å². The first kappa shape index (κ1) is 23.2. The molecule has 2 aliphatic rings. The summed E-state index contributed by atoms with van der Waals surface area (Å²) in [5.74, 6) is 1.56. The Morgan fingerprint density at radius 3 is 2.55 bits per heavy atom. The minimum absolute atomic E-state index is 0.207. The molecule has 2 heterocycles. The number of rotatable bonds is 8. The molecule has 1 aromatic carbocycles. The molecule has 31 heavy (non-hydrogen) atoms. The summed E-state index contributed by atoms with van der Waals surface area (Å²) in [6.45, 7) is 6.23. The van der Waals surface area contributed by atoms with Crippen molar-refractivity contribution in [3.8, 4) is 11.5 Å². The normalized spacial score (nSPS) is 22.9. The van der Waals surface area contributed by atoms with Crippen LogP contribution in [0.1, 0.15) is 43.9 Å². The minimum atomic E-state index is -1.09. The van der Waals surface area contributed by atoms with Crippen LogP contribution in [0, 0.1) is 17.8 Å². The number of hydrogen-bond acceptors (Lipinski definition) is 6. The third-order valence-electron chi connectivity index (χ3n) is 6.36. The van der Waals surface area contributed by atoms with Gasteiger partial charge in [-0.3, -0.25) is 9.69 Å². The van der Waals surface area contributed by atoms with E-state index in [2.05, 4.69) is 36.2 Å². The van der Waals surface area contributed by atoms with Crippen LogP contribution in [0.2, 0.25) is 0 Å². The summed E-state index contributed by atoms with van der Waals surface area (Å²) in [6.07, 6.45) is 2.24. The molecule has 1 saturated heterocycles. The highest BCUT2D eigenvalue weighted by Crippen LogP contribution is 2.45. The van der Waals surface area contributed by atoms with Crippen LogP contribution in [0.15, 0.2) is 12.1 Å². The lowest BCUT2D eigenvalue weighted by molar-refractivity contribution is -0.135. The average molecular weight is 435 g/mol. The molecule has 3 atom stereocenters. The SMILES string of the molecule is COc1cc2c(cc1OC)C1CC(COC(=O)NCC(=O)O)C(CC(C)C)CN1CC2. The second-order valence-corrected chi connectivity index (χ2v) is 8.90. The number of piperidine rings is 1. The quantitative estimate of drug-likeness (QED) is 0.649. The van der Waals surface area contributed by atoms with Crippen molar-refractivity contribution in [2.75, 3.05) is 40.5 Å². The zero-order valence-corrected chi connectivity index (χ0v) is 18.8.